The highest BCUT2D eigenvalue weighted by atomic mass is 16.3. The number of hydrogen-bond acceptors (Lipinski definition) is 4. The van der Waals surface area contributed by atoms with Gasteiger partial charge in [0.1, 0.15) is 17.4 Å². The predicted molar refractivity (Wildman–Crippen MR) is 91.1 cm³/mol. The van der Waals surface area contributed by atoms with E-state index in [1.165, 1.54) is 18.2 Å². The minimum absolute atomic E-state index is 0.00706. The molecule has 0 fully saturated rings. The number of anilines is 2. The van der Waals surface area contributed by atoms with E-state index in [9.17, 15) is 15.2 Å². The molecule has 5 heteroatoms. The molecule has 0 aliphatic carbocycles. The Morgan fingerprint density at radius 2 is 1.74 bits per heavy atom. The van der Waals surface area contributed by atoms with Gasteiger partial charge in [-0.05, 0) is 48.0 Å². The molecule has 23 heavy (non-hydrogen) atoms. The van der Waals surface area contributed by atoms with Crippen molar-refractivity contribution in [2.24, 2.45) is 0 Å². The first kappa shape index (κ1) is 16.1. The van der Waals surface area contributed by atoms with Crippen molar-refractivity contribution in [1.29, 1.82) is 5.26 Å². The van der Waals surface area contributed by atoms with E-state index in [4.69, 9.17) is 0 Å². The number of phenolic OH excluding ortho intramolecular Hbond substituents is 1. The number of nitrogens with zero attached hydrogens (tertiary/aromatic N) is 2. The van der Waals surface area contributed by atoms with Crippen LogP contribution < -0.4 is 10.2 Å². The van der Waals surface area contributed by atoms with Crippen LogP contribution >= 0.6 is 0 Å². The minimum Gasteiger partial charge on any atom is -0.508 e. The van der Waals surface area contributed by atoms with Gasteiger partial charge in [0.05, 0.1) is 0 Å². The first-order valence-corrected chi connectivity index (χ1v) is 6.99. The topological polar surface area (TPSA) is 76.4 Å². The molecule has 0 heterocycles. The van der Waals surface area contributed by atoms with Gasteiger partial charge in [-0.1, -0.05) is 12.1 Å². The largest absolute Gasteiger partial charge is 0.508 e. The number of aromatic hydroxyl groups is 1. The number of nitriles is 1. The van der Waals surface area contributed by atoms with Crippen molar-refractivity contribution < 1.29 is 9.90 Å². The van der Waals surface area contributed by atoms with Gasteiger partial charge in [0.25, 0.3) is 5.91 Å². The number of hydrogen-bond donors (Lipinski definition) is 2. The summed E-state index contributed by atoms with van der Waals surface area (Å²) in [5, 5.41) is 21.1. The lowest BCUT2D eigenvalue weighted by Gasteiger charge is -2.12. The van der Waals surface area contributed by atoms with Crippen molar-refractivity contribution >= 4 is 23.4 Å². The smallest absolute Gasteiger partial charge is 0.266 e. The van der Waals surface area contributed by atoms with Crippen LogP contribution in [-0.2, 0) is 4.79 Å². The highest BCUT2D eigenvalue weighted by Gasteiger charge is 2.09. The summed E-state index contributed by atoms with van der Waals surface area (Å²) in [5.41, 5.74) is 2.29. The summed E-state index contributed by atoms with van der Waals surface area (Å²) in [6.45, 7) is 0. The van der Waals surface area contributed by atoms with Gasteiger partial charge < -0.3 is 15.3 Å². The number of amides is 1. The average molecular weight is 307 g/mol. The third kappa shape index (κ3) is 4.35. The van der Waals surface area contributed by atoms with Crippen molar-refractivity contribution in [2.75, 3.05) is 24.3 Å². The quantitative estimate of drug-likeness (QED) is 0.672. The Morgan fingerprint density at radius 1 is 1.13 bits per heavy atom. The molecule has 2 N–H and O–H groups in total. The fourth-order valence-corrected chi connectivity index (χ4v) is 1.93. The maximum atomic E-state index is 12.2. The summed E-state index contributed by atoms with van der Waals surface area (Å²) >= 11 is 0. The minimum atomic E-state index is -0.474. The van der Waals surface area contributed by atoms with E-state index in [1.54, 1.807) is 24.3 Å². The zero-order chi connectivity index (χ0) is 16.8. The van der Waals surface area contributed by atoms with E-state index in [2.05, 4.69) is 5.32 Å². The standard InChI is InChI=1S/C18H17N3O2/c1-21(2)16-7-5-15(6-8-16)20-18(23)14(12-19)11-13-3-9-17(22)10-4-13/h3-11,22H,1-2H3,(H,20,23)/b14-11-. The molecule has 0 aromatic heterocycles. The van der Waals surface area contributed by atoms with Crippen molar-refractivity contribution in [3.05, 3.63) is 59.7 Å². The van der Waals surface area contributed by atoms with Gasteiger partial charge in [-0.3, -0.25) is 4.79 Å². The van der Waals surface area contributed by atoms with E-state index in [0.29, 0.717) is 11.3 Å². The zero-order valence-corrected chi connectivity index (χ0v) is 12.9. The van der Waals surface area contributed by atoms with Crippen molar-refractivity contribution in [3.63, 3.8) is 0 Å². The Labute approximate surface area is 135 Å². The second kappa shape index (κ2) is 7.14. The molecular weight excluding hydrogens is 290 g/mol. The first-order valence-electron chi connectivity index (χ1n) is 6.99. The molecule has 0 atom stereocenters. The van der Waals surface area contributed by atoms with E-state index in [0.717, 1.165) is 5.69 Å². The number of phenols is 1. The molecule has 0 saturated heterocycles. The Bertz CT molecular complexity index is 754. The Kier molecular flexibility index (Phi) is 5.00. The average Bonchev–Trinajstić information content (AvgIpc) is 2.54. The van der Waals surface area contributed by atoms with E-state index in [-0.39, 0.29) is 11.3 Å². The van der Waals surface area contributed by atoms with Crippen molar-refractivity contribution in [1.82, 2.24) is 0 Å². The van der Waals surface area contributed by atoms with Gasteiger partial charge in [0.2, 0.25) is 0 Å². The van der Waals surface area contributed by atoms with Gasteiger partial charge in [-0.15, -0.1) is 0 Å². The molecule has 0 saturated carbocycles. The maximum absolute atomic E-state index is 12.2. The number of carbonyl (C=O) groups is 1. The van der Waals surface area contributed by atoms with Crippen molar-refractivity contribution in [3.8, 4) is 11.8 Å². The number of benzene rings is 2. The molecule has 2 aromatic rings. The maximum Gasteiger partial charge on any atom is 0.266 e. The van der Waals surface area contributed by atoms with Crippen LogP contribution in [0.2, 0.25) is 0 Å². The third-order valence-corrected chi connectivity index (χ3v) is 3.21. The van der Waals surface area contributed by atoms with Gasteiger partial charge in [0, 0.05) is 25.5 Å². The summed E-state index contributed by atoms with van der Waals surface area (Å²) in [5.74, 6) is -0.343. The molecule has 0 unspecified atom stereocenters. The van der Waals surface area contributed by atoms with Crippen LogP contribution in [0.25, 0.3) is 6.08 Å². The van der Waals surface area contributed by atoms with Gasteiger partial charge in [-0.25, -0.2) is 0 Å². The second-order valence-electron chi connectivity index (χ2n) is 5.16. The van der Waals surface area contributed by atoms with Crippen LogP contribution in [0.1, 0.15) is 5.56 Å². The highest BCUT2D eigenvalue weighted by molar-refractivity contribution is 6.09. The SMILES string of the molecule is CN(C)c1ccc(NC(=O)/C(C#N)=C\c2ccc(O)cc2)cc1. The number of rotatable bonds is 4. The van der Waals surface area contributed by atoms with E-state index in [1.807, 2.05) is 37.2 Å². The lowest BCUT2D eigenvalue weighted by Crippen LogP contribution is -2.14. The predicted octanol–water partition coefficient (Wildman–Crippen LogP) is 3.00. The molecule has 0 radical (unpaired) electrons. The van der Waals surface area contributed by atoms with Crippen LogP contribution in [0.15, 0.2) is 54.1 Å². The summed E-state index contributed by atoms with van der Waals surface area (Å²) in [6.07, 6.45) is 1.48. The molecule has 0 aliphatic rings. The first-order chi connectivity index (χ1) is 11.0. The van der Waals surface area contributed by atoms with Crippen LogP contribution in [0.4, 0.5) is 11.4 Å². The van der Waals surface area contributed by atoms with Gasteiger partial charge in [-0.2, -0.15) is 5.26 Å². The Hall–Kier alpha value is -3.26. The van der Waals surface area contributed by atoms with Gasteiger partial charge in [0.15, 0.2) is 0 Å². The zero-order valence-electron chi connectivity index (χ0n) is 12.9. The summed E-state index contributed by atoms with van der Waals surface area (Å²) in [4.78, 5) is 14.1. The molecule has 0 spiro atoms. The lowest BCUT2D eigenvalue weighted by molar-refractivity contribution is -0.112. The molecular formula is C18H17N3O2. The summed E-state index contributed by atoms with van der Waals surface area (Å²) < 4.78 is 0. The van der Waals surface area contributed by atoms with Crippen LogP contribution in [0, 0.1) is 11.3 Å². The van der Waals surface area contributed by atoms with Gasteiger partial charge >= 0.3 is 0 Å². The molecule has 2 rings (SSSR count). The summed E-state index contributed by atoms with van der Waals surface area (Å²) in [6, 6.07) is 15.5. The summed E-state index contributed by atoms with van der Waals surface area (Å²) in [7, 11) is 3.86. The Balaban J connectivity index is 2.14. The Morgan fingerprint density at radius 3 is 2.26 bits per heavy atom. The molecule has 5 nitrogen and oxygen atoms in total. The normalized spacial score (nSPS) is 10.7. The fourth-order valence-electron chi connectivity index (χ4n) is 1.93. The third-order valence-electron chi connectivity index (χ3n) is 3.21. The monoisotopic (exact) mass is 307 g/mol. The number of carbonyl (C=O) groups excluding carboxylic acids is 1. The molecule has 2 aromatic carbocycles. The fraction of sp³-hybridized carbons (Fsp3) is 0.111. The van der Waals surface area contributed by atoms with Crippen LogP contribution in [-0.4, -0.2) is 25.1 Å². The second-order valence-corrected chi connectivity index (χ2v) is 5.16. The lowest BCUT2D eigenvalue weighted by atomic mass is 10.1. The highest BCUT2D eigenvalue weighted by Crippen LogP contribution is 2.17. The van der Waals surface area contributed by atoms with Crippen molar-refractivity contribution in [2.45, 2.75) is 0 Å². The van der Waals surface area contributed by atoms with E-state index >= 15 is 0 Å². The van der Waals surface area contributed by atoms with E-state index < -0.39 is 5.91 Å². The molecule has 0 bridgehead atoms. The molecule has 116 valence electrons. The number of nitrogens with one attached hydrogen (secondary N) is 1. The van der Waals surface area contributed by atoms with Crippen LogP contribution in [0.3, 0.4) is 0 Å². The molecule has 0 aliphatic heterocycles. The molecule has 1 amide bonds. The van der Waals surface area contributed by atoms with Crippen LogP contribution in [0.5, 0.6) is 5.75 Å².